The highest BCUT2D eigenvalue weighted by molar-refractivity contribution is 7.90. The first-order valence-electron chi connectivity index (χ1n) is 3.74. The summed E-state index contributed by atoms with van der Waals surface area (Å²) in [7, 11) is -4.01. The maximum Gasteiger partial charge on any atom is 0.290 e. The van der Waals surface area contributed by atoms with E-state index >= 15 is 0 Å². The average molecular weight is 220 g/mol. The van der Waals surface area contributed by atoms with Crippen molar-refractivity contribution in [1.82, 2.24) is 5.32 Å². The summed E-state index contributed by atoms with van der Waals surface area (Å²) >= 11 is 0. The highest BCUT2D eigenvalue weighted by atomic mass is 32.2. The van der Waals surface area contributed by atoms with Crippen LogP contribution in [0.5, 0.6) is 0 Å². The van der Waals surface area contributed by atoms with Crippen LogP contribution in [0, 0.1) is 4.91 Å². The Morgan fingerprint density at radius 3 is 2.43 bits per heavy atom. The first kappa shape index (κ1) is 12.8. The molecule has 0 rings (SSSR count). The molecule has 0 bridgehead atoms. The number of carbonyl (C=O) groups is 1. The minimum Gasteiger partial charge on any atom is -0.347 e. The van der Waals surface area contributed by atoms with Crippen LogP contribution in [0.2, 0.25) is 0 Å². The van der Waals surface area contributed by atoms with E-state index in [2.05, 4.69) is 11.9 Å². The van der Waals surface area contributed by atoms with Crippen molar-refractivity contribution in [2.75, 3.05) is 5.75 Å². The van der Waals surface area contributed by atoms with Crippen molar-refractivity contribution in [3.05, 3.63) is 17.6 Å². The van der Waals surface area contributed by atoms with E-state index in [4.69, 9.17) is 0 Å². The number of nitrogens with zero attached hydrogens (tertiary/aromatic N) is 1. The molecule has 0 aliphatic rings. The Morgan fingerprint density at radius 2 is 2.07 bits per heavy atom. The maximum atomic E-state index is 10.9. The highest BCUT2D eigenvalue weighted by Gasteiger charge is 2.27. The molecule has 0 aliphatic heterocycles. The van der Waals surface area contributed by atoms with Gasteiger partial charge in [0.1, 0.15) is 0 Å². The molecule has 0 aromatic heterocycles. The highest BCUT2D eigenvalue weighted by Crippen LogP contribution is 2.07. The van der Waals surface area contributed by atoms with Crippen molar-refractivity contribution >= 4 is 15.9 Å². The van der Waals surface area contributed by atoms with Gasteiger partial charge >= 0.3 is 0 Å². The second kappa shape index (κ2) is 4.32. The van der Waals surface area contributed by atoms with Gasteiger partial charge in [-0.1, -0.05) is 6.58 Å². The lowest BCUT2D eigenvalue weighted by atomic mass is 10.1. The largest absolute Gasteiger partial charge is 0.347 e. The lowest BCUT2D eigenvalue weighted by Crippen LogP contribution is -2.47. The number of rotatable bonds is 5. The van der Waals surface area contributed by atoms with Gasteiger partial charge in [0.25, 0.3) is 10.0 Å². The molecule has 0 fully saturated rings. The molecule has 1 amide bonds. The topological polar surface area (TPSA) is 92.7 Å². The fraction of sp³-hybridized carbons (Fsp3) is 0.571. The van der Waals surface area contributed by atoms with Crippen LogP contribution in [0.4, 0.5) is 0 Å². The molecule has 0 atom stereocenters. The molecule has 0 radical (unpaired) electrons. The van der Waals surface area contributed by atoms with E-state index in [1.807, 2.05) is 4.58 Å². The Kier molecular flexibility index (Phi) is 3.93. The van der Waals surface area contributed by atoms with Crippen LogP contribution in [-0.4, -0.2) is 25.6 Å². The lowest BCUT2D eigenvalue weighted by molar-refractivity contribution is -0.117. The average Bonchev–Trinajstić information content (AvgIpc) is 2.01. The third-order valence-corrected chi connectivity index (χ3v) is 2.62. The van der Waals surface area contributed by atoms with Crippen LogP contribution in [0.3, 0.4) is 0 Å². The zero-order chi connectivity index (χ0) is 11.4. The number of nitroso groups, excluding NO2 is 1. The molecule has 0 aromatic rings. The summed E-state index contributed by atoms with van der Waals surface area (Å²) in [5.74, 6) is -1.04. The van der Waals surface area contributed by atoms with E-state index in [9.17, 15) is 18.1 Å². The summed E-state index contributed by atoms with van der Waals surface area (Å²) in [4.78, 5) is 20.8. The van der Waals surface area contributed by atoms with E-state index in [0.29, 0.717) is 0 Å². The number of carbonyl (C=O) groups excluding carboxylic acids is 1. The molecule has 0 aromatic carbocycles. The summed E-state index contributed by atoms with van der Waals surface area (Å²) < 4.78 is 23.6. The number of hydrogen-bond acceptors (Lipinski definition) is 4. The molecule has 0 saturated heterocycles. The second-order valence-electron chi connectivity index (χ2n) is 3.38. The van der Waals surface area contributed by atoms with Gasteiger partial charge in [0.2, 0.25) is 5.91 Å². The number of nitrogens with one attached hydrogen (secondary N) is 1. The minimum atomic E-state index is -4.01. The Hall–Kier alpha value is -1.24. The summed E-state index contributed by atoms with van der Waals surface area (Å²) in [5.41, 5.74) is -1.04. The van der Waals surface area contributed by atoms with Crippen LogP contribution >= 0.6 is 0 Å². The van der Waals surface area contributed by atoms with E-state index in [0.717, 1.165) is 6.08 Å². The van der Waals surface area contributed by atoms with Gasteiger partial charge in [0.15, 0.2) is 0 Å². The van der Waals surface area contributed by atoms with E-state index in [1.165, 1.54) is 13.8 Å². The molecule has 0 heterocycles. The lowest BCUT2D eigenvalue weighted by Gasteiger charge is -2.23. The van der Waals surface area contributed by atoms with Gasteiger partial charge in [0, 0.05) is 0 Å². The molecule has 0 saturated carbocycles. The van der Waals surface area contributed by atoms with E-state index < -0.39 is 27.2 Å². The summed E-state index contributed by atoms with van der Waals surface area (Å²) in [6.45, 7) is 6.15. The quantitative estimate of drug-likeness (QED) is 0.527. The molecule has 7 heteroatoms. The van der Waals surface area contributed by atoms with Gasteiger partial charge in [-0.15, -0.1) is 4.91 Å². The molecule has 1 N–H and O–H groups in total. The van der Waals surface area contributed by atoms with Gasteiger partial charge in [0.05, 0.1) is 15.9 Å². The first-order chi connectivity index (χ1) is 6.22. The fourth-order valence-electron chi connectivity index (χ4n) is 0.903. The predicted molar refractivity (Wildman–Crippen MR) is 52.0 cm³/mol. The van der Waals surface area contributed by atoms with Crippen molar-refractivity contribution < 1.29 is 13.2 Å². The van der Waals surface area contributed by atoms with Gasteiger partial charge in [-0.3, -0.25) is 4.79 Å². The molecular formula is C7H12N2O4S. The monoisotopic (exact) mass is 220 g/mol. The van der Waals surface area contributed by atoms with Crippen LogP contribution in [0.25, 0.3) is 0 Å². The van der Waals surface area contributed by atoms with Gasteiger partial charge in [-0.25, -0.2) is 8.42 Å². The Balaban J connectivity index is 4.57. The Bertz CT molecular complexity index is 345. The Morgan fingerprint density at radius 1 is 1.57 bits per heavy atom. The number of amides is 1. The maximum absolute atomic E-state index is 10.9. The van der Waals surface area contributed by atoms with Gasteiger partial charge in [-0.05, 0) is 19.9 Å². The van der Waals surface area contributed by atoms with Crippen molar-refractivity contribution in [3.63, 3.8) is 0 Å². The molecule has 0 aliphatic carbocycles. The number of hydrogen-bond donors (Lipinski definition) is 1. The fourth-order valence-corrected chi connectivity index (χ4v) is 1.94. The second-order valence-corrected chi connectivity index (χ2v) is 4.98. The molecule has 14 heavy (non-hydrogen) atoms. The van der Waals surface area contributed by atoms with Crippen molar-refractivity contribution in [2.24, 2.45) is 4.58 Å². The van der Waals surface area contributed by atoms with E-state index in [-0.39, 0.29) is 0 Å². The van der Waals surface area contributed by atoms with Gasteiger partial charge < -0.3 is 5.32 Å². The number of sulfonamides is 1. The zero-order valence-electron chi connectivity index (χ0n) is 7.98. The van der Waals surface area contributed by atoms with Crippen LogP contribution in [0.15, 0.2) is 17.2 Å². The zero-order valence-corrected chi connectivity index (χ0v) is 8.80. The Labute approximate surface area is 82.4 Å². The van der Waals surface area contributed by atoms with Crippen molar-refractivity contribution in [3.8, 4) is 0 Å². The molecule has 0 unspecified atom stereocenters. The standard InChI is InChI=1S/C7H12N2O4S/c1-4-6(10)8-7(2,3)5-14(12,13)9-11/h4H,1,5H2,2-3H3,(H,8,10). The molecule has 80 valence electrons. The third kappa shape index (κ3) is 4.70. The van der Waals surface area contributed by atoms with Crippen LogP contribution < -0.4 is 5.32 Å². The predicted octanol–water partition coefficient (Wildman–Crippen LogP) is 0.163. The molecule has 0 spiro atoms. The minimum absolute atomic E-state index is 0.504. The van der Waals surface area contributed by atoms with E-state index in [1.54, 1.807) is 0 Å². The summed E-state index contributed by atoms with van der Waals surface area (Å²) in [5, 5.41) is 2.36. The molecule has 6 nitrogen and oxygen atoms in total. The van der Waals surface area contributed by atoms with Crippen LogP contribution in [-0.2, 0) is 14.8 Å². The first-order valence-corrected chi connectivity index (χ1v) is 5.35. The third-order valence-electron chi connectivity index (χ3n) is 1.30. The summed E-state index contributed by atoms with van der Waals surface area (Å²) in [6, 6.07) is 0. The molecular weight excluding hydrogens is 208 g/mol. The summed E-state index contributed by atoms with van der Waals surface area (Å²) in [6.07, 6.45) is 1.02. The van der Waals surface area contributed by atoms with Crippen molar-refractivity contribution in [1.29, 1.82) is 0 Å². The smallest absolute Gasteiger partial charge is 0.290 e. The van der Waals surface area contributed by atoms with Crippen LogP contribution in [0.1, 0.15) is 13.8 Å². The van der Waals surface area contributed by atoms with Gasteiger partial charge in [-0.2, -0.15) is 0 Å². The van der Waals surface area contributed by atoms with Crippen molar-refractivity contribution in [2.45, 2.75) is 19.4 Å². The SMILES string of the molecule is C=CC(=O)NC(C)(C)CS(=O)(=O)N=O. The normalized spacial score (nSPS) is 11.9.